The van der Waals surface area contributed by atoms with Crippen molar-refractivity contribution in [3.05, 3.63) is 17.8 Å². The number of hydrogen-bond acceptors (Lipinski definition) is 8. The zero-order valence-corrected chi connectivity index (χ0v) is 18.6. The van der Waals surface area contributed by atoms with Crippen LogP contribution in [0.2, 0.25) is 0 Å². The molecule has 0 spiro atoms. The molecule has 1 heterocycles. The van der Waals surface area contributed by atoms with Gasteiger partial charge < -0.3 is 19.6 Å². The molecule has 0 bridgehead atoms. The monoisotopic (exact) mass is 444 g/mol. The second kappa shape index (κ2) is 13.4. The fourth-order valence-electron chi connectivity index (χ4n) is 4.04. The Morgan fingerprint density at radius 2 is 1.57 bits per heavy atom. The van der Waals surface area contributed by atoms with E-state index in [2.05, 4.69) is 14.5 Å². The first-order valence-corrected chi connectivity index (χ1v) is 10.4. The molecule has 1 unspecified atom stereocenters. The lowest BCUT2D eigenvalue weighted by molar-refractivity contribution is -0.146. The topological polar surface area (TPSA) is 122 Å². The van der Waals surface area contributed by atoms with E-state index in [9.17, 15) is 14.4 Å². The average molecular weight is 445 g/mol. The molecule has 2 aliphatic carbocycles. The van der Waals surface area contributed by atoms with Gasteiger partial charge in [0.15, 0.2) is 23.9 Å². The predicted octanol–water partition coefficient (Wildman–Crippen LogP) is 3.57. The third-order valence-corrected chi connectivity index (χ3v) is 5.72. The van der Waals surface area contributed by atoms with Crippen LogP contribution in [0.5, 0.6) is 0 Å². The highest BCUT2D eigenvalue weighted by Crippen LogP contribution is 2.34. The predicted molar refractivity (Wildman–Crippen MR) is 112 cm³/mol. The number of aromatic nitrogens is 1. The molecule has 30 heavy (non-hydrogen) atoms. The number of carbonyl (C=O) groups is 3. The first-order valence-electron chi connectivity index (χ1n) is 10.4. The molecule has 2 saturated carbocycles. The summed E-state index contributed by atoms with van der Waals surface area (Å²) in [6.45, 7) is 0. The Morgan fingerprint density at radius 1 is 1.00 bits per heavy atom. The van der Waals surface area contributed by atoms with Gasteiger partial charge in [-0.1, -0.05) is 38.5 Å². The Kier molecular flexibility index (Phi) is 11.7. The molecule has 0 aromatic carbocycles. The van der Waals surface area contributed by atoms with Crippen molar-refractivity contribution < 1.29 is 28.3 Å². The lowest BCUT2D eigenvalue weighted by atomic mass is 9.84. The molecule has 0 aliphatic heterocycles. The molecule has 8 nitrogen and oxygen atoms in total. The van der Waals surface area contributed by atoms with Crippen LogP contribution in [0.4, 0.5) is 0 Å². The van der Waals surface area contributed by atoms with E-state index >= 15 is 0 Å². The van der Waals surface area contributed by atoms with Crippen molar-refractivity contribution in [2.75, 3.05) is 14.2 Å². The van der Waals surface area contributed by atoms with Crippen molar-refractivity contribution in [1.82, 2.24) is 4.98 Å². The number of ether oxygens (including phenoxy) is 2. The zero-order chi connectivity index (χ0) is 21.2. The summed E-state index contributed by atoms with van der Waals surface area (Å²) in [5.41, 5.74) is 5.83. The van der Waals surface area contributed by atoms with E-state index in [0.29, 0.717) is 17.4 Å². The minimum Gasteiger partial charge on any atom is -0.468 e. The minimum absolute atomic E-state index is 0. The van der Waals surface area contributed by atoms with Gasteiger partial charge in [-0.25, -0.2) is 14.6 Å². The van der Waals surface area contributed by atoms with Crippen molar-refractivity contribution in [2.24, 2.45) is 11.7 Å². The number of halogens is 1. The highest BCUT2D eigenvalue weighted by atomic mass is 35.5. The number of oxazole rings is 1. The van der Waals surface area contributed by atoms with E-state index in [1.807, 2.05) is 0 Å². The van der Waals surface area contributed by atoms with Crippen LogP contribution in [0.1, 0.15) is 86.4 Å². The van der Waals surface area contributed by atoms with Gasteiger partial charge >= 0.3 is 11.9 Å². The van der Waals surface area contributed by atoms with Gasteiger partial charge in [-0.2, -0.15) is 0 Å². The van der Waals surface area contributed by atoms with Gasteiger partial charge in [0.25, 0.3) is 0 Å². The van der Waals surface area contributed by atoms with Crippen molar-refractivity contribution >= 4 is 30.1 Å². The lowest BCUT2D eigenvalue weighted by Gasteiger charge is -2.22. The zero-order valence-electron chi connectivity index (χ0n) is 17.8. The Labute approximate surface area is 183 Å². The minimum atomic E-state index is -1.08. The van der Waals surface area contributed by atoms with Gasteiger partial charge in [0.05, 0.1) is 14.2 Å². The van der Waals surface area contributed by atoms with Crippen molar-refractivity contribution in [2.45, 2.75) is 76.2 Å². The molecule has 2 fully saturated rings. The standard InChI is InChI=1S/C11H15NO3.C10H17NO3.ClH/c1-14-11(13)9-10(15-7-12-9)8-5-3-2-4-6-8;1-14-10(13)8(11)9(12)7-5-3-2-4-6-7;/h7-8H,2-6H2,1H3;7-8H,2-6,11H2,1H3;1H. The number of hydrogen-bond donors (Lipinski definition) is 1. The second-order valence-corrected chi connectivity index (χ2v) is 7.63. The maximum Gasteiger partial charge on any atom is 0.360 e. The molecule has 1 atom stereocenters. The van der Waals surface area contributed by atoms with Gasteiger partial charge in [0, 0.05) is 11.8 Å². The number of rotatable bonds is 5. The molecule has 0 radical (unpaired) electrons. The highest BCUT2D eigenvalue weighted by Gasteiger charge is 2.30. The van der Waals surface area contributed by atoms with Gasteiger partial charge in [0.2, 0.25) is 0 Å². The first-order chi connectivity index (χ1) is 14.0. The van der Waals surface area contributed by atoms with E-state index < -0.39 is 18.0 Å². The summed E-state index contributed by atoms with van der Waals surface area (Å²) in [4.78, 5) is 38.0. The molecule has 170 valence electrons. The number of esters is 2. The fourth-order valence-corrected chi connectivity index (χ4v) is 4.04. The molecule has 1 aromatic heterocycles. The summed E-state index contributed by atoms with van der Waals surface area (Å²) in [6.07, 6.45) is 12.2. The largest absolute Gasteiger partial charge is 0.468 e. The van der Waals surface area contributed by atoms with Crippen LogP contribution in [0, 0.1) is 5.92 Å². The Hall–Kier alpha value is -1.93. The van der Waals surface area contributed by atoms with E-state index in [0.717, 1.165) is 38.5 Å². The van der Waals surface area contributed by atoms with Crippen LogP contribution in [-0.4, -0.2) is 43.0 Å². The second-order valence-electron chi connectivity index (χ2n) is 7.63. The average Bonchev–Trinajstić information content (AvgIpc) is 3.28. The summed E-state index contributed by atoms with van der Waals surface area (Å²) in [6, 6.07) is -1.08. The summed E-state index contributed by atoms with van der Waals surface area (Å²) in [5, 5.41) is 0. The number of nitrogens with two attached hydrogens (primary N) is 1. The maximum absolute atomic E-state index is 11.7. The van der Waals surface area contributed by atoms with Gasteiger partial charge in [-0.3, -0.25) is 4.79 Å². The van der Waals surface area contributed by atoms with Crippen molar-refractivity contribution in [3.8, 4) is 0 Å². The number of carbonyl (C=O) groups excluding carboxylic acids is 3. The Balaban J connectivity index is 0.000000291. The smallest absolute Gasteiger partial charge is 0.360 e. The Morgan fingerprint density at radius 3 is 2.10 bits per heavy atom. The molecule has 2 aliphatic rings. The summed E-state index contributed by atoms with van der Waals surface area (Å²) < 4.78 is 14.4. The molecule has 0 amide bonds. The van der Waals surface area contributed by atoms with Crippen LogP contribution in [0.25, 0.3) is 0 Å². The van der Waals surface area contributed by atoms with Crippen molar-refractivity contribution in [1.29, 1.82) is 0 Å². The number of methoxy groups -OCH3 is 2. The van der Waals surface area contributed by atoms with E-state index in [4.69, 9.17) is 10.2 Å². The Bertz CT molecular complexity index is 681. The van der Waals surface area contributed by atoms with Crippen molar-refractivity contribution in [3.63, 3.8) is 0 Å². The molecular weight excluding hydrogens is 412 g/mol. The van der Waals surface area contributed by atoms with Crippen LogP contribution in [-0.2, 0) is 19.1 Å². The molecule has 2 N–H and O–H groups in total. The summed E-state index contributed by atoms with van der Waals surface area (Å²) in [7, 11) is 2.61. The van der Waals surface area contributed by atoms with Gasteiger partial charge in [-0.15, -0.1) is 12.4 Å². The van der Waals surface area contributed by atoms with Gasteiger partial charge in [0.1, 0.15) is 5.76 Å². The summed E-state index contributed by atoms with van der Waals surface area (Å²) >= 11 is 0. The van der Waals surface area contributed by atoms with Gasteiger partial charge in [-0.05, 0) is 25.7 Å². The third-order valence-electron chi connectivity index (χ3n) is 5.72. The maximum atomic E-state index is 11.7. The number of nitrogens with zero attached hydrogens (tertiary/aromatic N) is 1. The van der Waals surface area contributed by atoms with Crippen LogP contribution >= 0.6 is 12.4 Å². The SMILES string of the molecule is COC(=O)C(N)C(=O)C1CCCCC1.COC(=O)c1ncoc1C1CCCCC1.Cl. The summed E-state index contributed by atoms with van der Waals surface area (Å²) in [5.74, 6) is -0.156. The number of ketones is 1. The molecular formula is C21H33ClN2O6. The van der Waals surface area contributed by atoms with Crippen LogP contribution < -0.4 is 5.73 Å². The first kappa shape index (κ1) is 26.1. The molecule has 1 aromatic rings. The highest BCUT2D eigenvalue weighted by molar-refractivity contribution is 6.03. The fraction of sp³-hybridized carbons (Fsp3) is 0.714. The third kappa shape index (κ3) is 7.09. The number of Topliss-reactive ketones (excluding diaryl/α,β-unsaturated/α-hetero) is 1. The van der Waals surface area contributed by atoms with Crippen LogP contribution in [0.3, 0.4) is 0 Å². The normalized spacial score (nSPS) is 18.2. The van der Waals surface area contributed by atoms with E-state index in [1.165, 1.54) is 46.3 Å². The molecule has 3 rings (SSSR count). The molecule has 0 saturated heterocycles. The van der Waals surface area contributed by atoms with E-state index in [1.54, 1.807) is 0 Å². The van der Waals surface area contributed by atoms with E-state index in [-0.39, 0.29) is 24.1 Å². The van der Waals surface area contributed by atoms with Crippen LogP contribution in [0.15, 0.2) is 10.8 Å². The lowest BCUT2D eigenvalue weighted by Crippen LogP contribution is -2.43. The molecule has 9 heteroatoms. The quantitative estimate of drug-likeness (QED) is 0.540.